The summed E-state index contributed by atoms with van der Waals surface area (Å²) < 4.78 is 4.95. The molecule has 15 heavy (non-hydrogen) atoms. The Kier molecular flexibility index (Phi) is 6.54. The molecule has 5 nitrogen and oxygen atoms in total. The fourth-order valence-electron chi connectivity index (χ4n) is 1.37. The Morgan fingerprint density at radius 3 is 3.13 bits per heavy atom. The van der Waals surface area contributed by atoms with Crippen molar-refractivity contribution in [2.45, 2.75) is 18.9 Å². The first-order chi connectivity index (χ1) is 7.36. The van der Waals surface area contributed by atoms with Crippen molar-refractivity contribution in [2.75, 3.05) is 31.8 Å². The van der Waals surface area contributed by atoms with Gasteiger partial charge in [0, 0.05) is 32.1 Å². The maximum atomic E-state index is 5.38. The number of nitrogens with two attached hydrogens (primary N) is 1. The van der Waals surface area contributed by atoms with E-state index in [4.69, 9.17) is 10.6 Å². The van der Waals surface area contributed by atoms with E-state index in [9.17, 15) is 0 Å². The number of nitrogens with zero attached hydrogens (tertiary/aromatic N) is 1. The molecule has 0 bridgehead atoms. The van der Waals surface area contributed by atoms with Crippen LogP contribution >= 0.6 is 11.8 Å². The normalized spacial score (nSPS) is 21.7. The number of hydrogen-bond donors (Lipinski definition) is 3. The second-order valence-electron chi connectivity index (χ2n) is 3.43. The Morgan fingerprint density at radius 2 is 2.53 bits per heavy atom. The molecule has 1 fully saturated rings. The third-order valence-corrected chi connectivity index (χ3v) is 3.35. The van der Waals surface area contributed by atoms with Gasteiger partial charge >= 0.3 is 0 Å². The second kappa shape index (κ2) is 7.78. The molecule has 0 aliphatic carbocycles. The third-order valence-electron chi connectivity index (χ3n) is 2.18. The van der Waals surface area contributed by atoms with Crippen LogP contribution < -0.4 is 16.6 Å². The number of aliphatic imine (C=N–C) groups is 1. The van der Waals surface area contributed by atoms with Crippen molar-refractivity contribution in [3.05, 3.63) is 0 Å². The molecule has 0 aromatic rings. The van der Waals surface area contributed by atoms with Crippen LogP contribution in [0.3, 0.4) is 0 Å². The molecule has 0 spiro atoms. The van der Waals surface area contributed by atoms with Crippen LogP contribution in [0.5, 0.6) is 0 Å². The van der Waals surface area contributed by atoms with Gasteiger partial charge in [-0.1, -0.05) is 0 Å². The molecule has 0 radical (unpaired) electrons. The van der Waals surface area contributed by atoms with E-state index >= 15 is 0 Å². The lowest BCUT2D eigenvalue weighted by Crippen LogP contribution is -2.46. The standard InChI is InChI=1S/C9H20N4OS/c1-14-5-2-4-11-9(13-10)12-8-3-6-15-7-8/h8H,2-7,10H2,1H3,(H2,11,12,13). The van der Waals surface area contributed by atoms with Gasteiger partial charge in [-0.25, -0.2) is 5.84 Å². The van der Waals surface area contributed by atoms with Crippen LogP contribution in [-0.2, 0) is 4.74 Å². The summed E-state index contributed by atoms with van der Waals surface area (Å²) >= 11 is 1.96. The summed E-state index contributed by atoms with van der Waals surface area (Å²) in [5.41, 5.74) is 2.59. The smallest absolute Gasteiger partial charge is 0.205 e. The van der Waals surface area contributed by atoms with Crippen molar-refractivity contribution in [1.29, 1.82) is 0 Å². The van der Waals surface area contributed by atoms with Crippen molar-refractivity contribution in [3.8, 4) is 0 Å². The van der Waals surface area contributed by atoms with Crippen molar-refractivity contribution in [1.82, 2.24) is 10.7 Å². The van der Waals surface area contributed by atoms with Gasteiger partial charge in [0.2, 0.25) is 5.96 Å². The summed E-state index contributed by atoms with van der Waals surface area (Å²) in [4.78, 5) is 4.32. The molecular formula is C9H20N4OS. The molecule has 4 N–H and O–H groups in total. The summed E-state index contributed by atoms with van der Waals surface area (Å²) in [6.45, 7) is 1.47. The Balaban J connectivity index is 2.20. The van der Waals surface area contributed by atoms with Gasteiger partial charge in [-0.05, 0) is 18.6 Å². The van der Waals surface area contributed by atoms with E-state index in [0.29, 0.717) is 12.0 Å². The molecule has 1 unspecified atom stereocenters. The molecule has 0 saturated carbocycles. The summed E-state index contributed by atoms with van der Waals surface area (Å²) in [6, 6.07) is 0.507. The topological polar surface area (TPSA) is 71.7 Å². The molecule has 1 aliphatic rings. The summed E-state index contributed by atoms with van der Waals surface area (Å²) in [7, 11) is 1.69. The number of nitrogens with one attached hydrogen (secondary N) is 2. The van der Waals surface area contributed by atoms with Gasteiger partial charge in [-0.3, -0.25) is 10.4 Å². The minimum Gasteiger partial charge on any atom is -0.385 e. The molecule has 1 saturated heterocycles. The lowest BCUT2D eigenvalue weighted by Gasteiger charge is -2.14. The summed E-state index contributed by atoms with van der Waals surface area (Å²) in [5, 5.41) is 3.29. The fraction of sp³-hybridized carbons (Fsp3) is 0.889. The molecule has 1 rings (SSSR count). The first-order valence-electron chi connectivity index (χ1n) is 5.21. The lowest BCUT2D eigenvalue weighted by molar-refractivity contribution is 0.197. The van der Waals surface area contributed by atoms with E-state index < -0.39 is 0 Å². The quantitative estimate of drug-likeness (QED) is 0.204. The molecule has 0 aromatic heterocycles. The summed E-state index contributed by atoms with van der Waals surface area (Å²) in [6.07, 6.45) is 2.10. The monoisotopic (exact) mass is 232 g/mol. The van der Waals surface area contributed by atoms with Crippen LogP contribution in [0.1, 0.15) is 12.8 Å². The molecule has 1 aliphatic heterocycles. The van der Waals surface area contributed by atoms with Crippen molar-refractivity contribution < 1.29 is 4.74 Å². The van der Waals surface area contributed by atoms with Crippen molar-refractivity contribution >= 4 is 17.7 Å². The van der Waals surface area contributed by atoms with Gasteiger partial charge in [0.25, 0.3) is 0 Å². The van der Waals surface area contributed by atoms with Crippen molar-refractivity contribution in [2.24, 2.45) is 10.8 Å². The van der Waals surface area contributed by atoms with Crippen LogP contribution in [-0.4, -0.2) is 43.8 Å². The average Bonchev–Trinajstić information content (AvgIpc) is 2.75. The Labute approximate surface area is 95.2 Å². The number of guanidine groups is 1. The number of ether oxygens (including phenoxy) is 1. The number of thioether (sulfide) groups is 1. The van der Waals surface area contributed by atoms with E-state index in [1.54, 1.807) is 7.11 Å². The number of methoxy groups -OCH3 is 1. The van der Waals surface area contributed by atoms with E-state index in [1.807, 2.05) is 11.8 Å². The van der Waals surface area contributed by atoms with Crippen LogP contribution in [0.2, 0.25) is 0 Å². The highest BCUT2D eigenvalue weighted by Crippen LogP contribution is 2.16. The van der Waals surface area contributed by atoms with E-state index in [-0.39, 0.29) is 0 Å². The zero-order valence-corrected chi connectivity index (χ0v) is 9.98. The Hall–Kier alpha value is -0.460. The number of rotatable bonds is 5. The Bertz CT molecular complexity index is 195. The molecule has 0 aromatic carbocycles. The van der Waals surface area contributed by atoms with Crippen LogP contribution in [0.4, 0.5) is 0 Å². The zero-order valence-electron chi connectivity index (χ0n) is 9.16. The maximum Gasteiger partial charge on any atom is 0.205 e. The van der Waals surface area contributed by atoms with E-state index in [0.717, 1.165) is 25.3 Å². The minimum atomic E-state index is 0.507. The highest BCUT2D eigenvalue weighted by atomic mass is 32.2. The van der Waals surface area contributed by atoms with Crippen LogP contribution in [0.25, 0.3) is 0 Å². The minimum absolute atomic E-state index is 0.507. The highest BCUT2D eigenvalue weighted by molar-refractivity contribution is 7.99. The maximum absolute atomic E-state index is 5.38. The largest absolute Gasteiger partial charge is 0.385 e. The molecule has 0 amide bonds. The molecule has 1 atom stereocenters. The highest BCUT2D eigenvalue weighted by Gasteiger charge is 2.15. The van der Waals surface area contributed by atoms with Gasteiger partial charge in [-0.15, -0.1) is 0 Å². The number of hydrogen-bond acceptors (Lipinski definition) is 4. The van der Waals surface area contributed by atoms with Gasteiger partial charge in [0.15, 0.2) is 0 Å². The first kappa shape index (κ1) is 12.6. The third kappa shape index (κ3) is 5.25. The molecule has 1 heterocycles. The lowest BCUT2D eigenvalue weighted by atomic mass is 10.3. The zero-order chi connectivity index (χ0) is 10.9. The SMILES string of the molecule is COCCCN=C(NN)NC1CCSC1. The average molecular weight is 232 g/mol. The fourth-order valence-corrected chi connectivity index (χ4v) is 2.53. The van der Waals surface area contributed by atoms with Gasteiger partial charge in [-0.2, -0.15) is 11.8 Å². The predicted octanol–water partition coefficient (Wildman–Crippen LogP) is -0.0627. The van der Waals surface area contributed by atoms with Crippen molar-refractivity contribution in [3.63, 3.8) is 0 Å². The van der Waals surface area contributed by atoms with Gasteiger partial charge < -0.3 is 10.1 Å². The Morgan fingerprint density at radius 1 is 1.67 bits per heavy atom. The van der Waals surface area contributed by atoms with Crippen LogP contribution in [0.15, 0.2) is 4.99 Å². The van der Waals surface area contributed by atoms with Gasteiger partial charge in [0.1, 0.15) is 0 Å². The number of hydrazine groups is 1. The second-order valence-corrected chi connectivity index (χ2v) is 4.58. The summed E-state index contributed by atoms with van der Waals surface area (Å²) in [5.74, 6) is 8.44. The molecule has 88 valence electrons. The van der Waals surface area contributed by atoms with E-state index in [2.05, 4.69) is 15.7 Å². The molecule has 6 heteroatoms. The molecular weight excluding hydrogens is 212 g/mol. The predicted molar refractivity (Wildman–Crippen MR) is 65.0 cm³/mol. The van der Waals surface area contributed by atoms with Gasteiger partial charge in [0.05, 0.1) is 0 Å². The first-order valence-corrected chi connectivity index (χ1v) is 6.36. The van der Waals surface area contributed by atoms with Crippen LogP contribution in [0, 0.1) is 0 Å². The van der Waals surface area contributed by atoms with E-state index in [1.165, 1.54) is 12.2 Å².